The minimum Gasteiger partial charge on any atom is -0.481 e. The fourth-order valence-corrected chi connectivity index (χ4v) is 2.80. The molecule has 0 saturated carbocycles. The van der Waals surface area contributed by atoms with Gasteiger partial charge in [-0.15, -0.1) is 10.2 Å². The molecule has 1 atom stereocenters. The van der Waals surface area contributed by atoms with E-state index < -0.39 is 5.97 Å². The Kier molecular flexibility index (Phi) is 5.17. The van der Waals surface area contributed by atoms with Crippen molar-refractivity contribution >= 4 is 34.2 Å². The summed E-state index contributed by atoms with van der Waals surface area (Å²) in [6, 6.07) is 0. The van der Waals surface area contributed by atoms with Crippen LogP contribution in [0.15, 0.2) is 4.34 Å². The van der Waals surface area contributed by atoms with Crippen LogP contribution in [-0.4, -0.2) is 59.5 Å². The van der Waals surface area contributed by atoms with Gasteiger partial charge in [-0.2, -0.15) is 0 Å². The second-order valence-electron chi connectivity index (χ2n) is 3.50. The number of thioether (sulfide) groups is 1. The van der Waals surface area contributed by atoms with Gasteiger partial charge in [-0.1, -0.05) is 23.1 Å². The van der Waals surface area contributed by atoms with Gasteiger partial charge in [0.1, 0.15) is 0 Å². The van der Waals surface area contributed by atoms with Crippen molar-refractivity contribution in [3.8, 4) is 0 Å². The molecule has 0 bridgehead atoms. The summed E-state index contributed by atoms with van der Waals surface area (Å²) >= 11 is 2.49. The van der Waals surface area contributed by atoms with E-state index in [4.69, 9.17) is 14.6 Å². The van der Waals surface area contributed by atoms with E-state index in [2.05, 4.69) is 15.5 Å². The zero-order chi connectivity index (χ0) is 12.8. The van der Waals surface area contributed by atoms with E-state index in [1.54, 1.807) is 0 Å². The monoisotopic (exact) mass is 291 g/mol. The Morgan fingerprint density at radius 1 is 1.56 bits per heavy atom. The Morgan fingerprint density at radius 2 is 2.44 bits per heavy atom. The van der Waals surface area contributed by atoms with E-state index in [1.807, 2.05) is 0 Å². The highest BCUT2D eigenvalue weighted by Crippen LogP contribution is 2.25. The second kappa shape index (κ2) is 6.88. The standard InChI is InChI=1S/C9H13N3O4S2/c13-7(14)5-17-9-12-11-8(18-9)10-3-6-4-15-1-2-16-6/h6H,1-5H2,(H,10,11)(H,13,14). The predicted molar refractivity (Wildman–Crippen MR) is 67.3 cm³/mol. The number of carbonyl (C=O) groups is 1. The summed E-state index contributed by atoms with van der Waals surface area (Å²) < 4.78 is 11.4. The third-order valence-corrected chi connectivity index (χ3v) is 4.09. The predicted octanol–water partition coefficient (Wildman–Crippen LogP) is 0.542. The molecule has 0 aliphatic carbocycles. The first kappa shape index (κ1) is 13.5. The maximum absolute atomic E-state index is 10.4. The normalized spacial score (nSPS) is 19.7. The first-order valence-corrected chi connectivity index (χ1v) is 7.15. The summed E-state index contributed by atoms with van der Waals surface area (Å²) in [6.45, 7) is 2.44. The first-order valence-electron chi connectivity index (χ1n) is 5.35. The van der Waals surface area contributed by atoms with Crippen LogP contribution in [0.5, 0.6) is 0 Å². The summed E-state index contributed by atoms with van der Waals surface area (Å²) in [5.41, 5.74) is 0. The van der Waals surface area contributed by atoms with E-state index in [1.165, 1.54) is 11.3 Å². The lowest BCUT2D eigenvalue weighted by atomic mass is 10.3. The average molecular weight is 291 g/mol. The van der Waals surface area contributed by atoms with Gasteiger partial charge in [0.2, 0.25) is 5.13 Å². The number of nitrogens with one attached hydrogen (secondary N) is 1. The Balaban J connectivity index is 1.73. The van der Waals surface area contributed by atoms with E-state index in [0.29, 0.717) is 35.8 Å². The van der Waals surface area contributed by atoms with E-state index in [9.17, 15) is 4.79 Å². The summed E-state index contributed by atoms with van der Waals surface area (Å²) in [5.74, 6) is -0.869. The van der Waals surface area contributed by atoms with Crippen LogP contribution in [0.2, 0.25) is 0 Å². The molecule has 100 valence electrons. The fourth-order valence-electron chi connectivity index (χ4n) is 1.32. The molecule has 1 fully saturated rings. The van der Waals surface area contributed by atoms with Crippen LogP contribution in [0.3, 0.4) is 0 Å². The minimum absolute atomic E-state index is 0.00574. The van der Waals surface area contributed by atoms with Crippen molar-refractivity contribution in [3.05, 3.63) is 0 Å². The zero-order valence-corrected chi connectivity index (χ0v) is 11.1. The number of ether oxygens (including phenoxy) is 2. The molecule has 7 nitrogen and oxygen atoms in total. The number of rotatable bonds is 6. The average Bonchev–Trinajstić information content (AvgIpc) is 2.83. The van der Waals surface area contributed by atoms with Crippen molar-refractivity contribution in [2.75, 3.05) is 37.4 Å². The van der Waals surface area contributed by atoms with Crippen LogP contribution in [0, 0.1) is 0 Å². The molecule has 9 heteroatoms. The molecule has 2 heterocycles. The molecule has 18 heavy (non-hydrogen) atoms. The van der Waals surface area contributed by atoms with Gasteiger partial charge in [-0.3, -0.25) is 4.79 Å². The highest BCUT2D eigenvalue weighted by Gasteiger charge is 2.15. The Labute approximate surface area is 112 Å². The zero-order valence-electron chi connectivity index (χ0n) is 9.50. The van der Waals surface area contributed by atoms with E-state index >= 15 is 0 Å². The maximum atomic E-state index is 10.4. The molecule has 1 aliphatic rings. The SMILES string of the molecule is O=C(O)CSc1nnc(NCC2COCCO2)s1. The number of anilines is 1. The lowest BCUT2D eigenvalue weighted by molar-refractivity contribution is -0.133. The molecule has 0 amide bonds. The number of hydrogen-bond acceptors (Lipinski definition) is 8. The third-order valence-electron chi connectivity index (χ3n) is 2.09. The molecule has 0 aromatic carbocycles. The van der Waals surface area contributed by atoms with Gasteiger partial charge in [0.05, 0.1) is 31.7 Å². The van der Waals surface area contributed by atoms with Crippen LogP contribution in [0.1, 0.15) is 0 Å². The van der Waals surface area contributed by atoms with E-state index in [0.717, 1.165) is 11.8 Å². The van der Waals surface area contributed by atoms with Gasteiger partial charge in [-0.25, -0.2) is 0 Å². The lowest BCUT2D eigenvalue weighted by Crippen LogP contribution is -2.34. The van der Waals surface area contributed by atoms with Crippen LogP contribution in [0.4, 0.5) is 5.13 Å². The van der Waals surface area contributed by atoms with Crippen molar-refractivity contribution in [1.82, 2.24) is 10.2 Å². The summed E-state index contributed by atoms with van der Waals surface area (Å²) in [5, 5.41) is 20.1. The summed E-state index contributed by atoms with van der Waals surface area (Å²) in [4.78, 5) is 10.4. The molecule has 1 aliphatic heterocycles. The summed E-state index contributed by atoms with van der Waals surface area (Å²) in [7, 11) is 0. The molecule has 0 radical (unpaired) electrons. The molecule has 2 rings (SSSR count). The minimum atomic E-state index is -0.863. The molecule has 1 aromatic rings. The maximum Gasteiger partial charge on any atom is 0.313 e. The molecule has 0 spiro atoms. The van der Waals surface area contributed by atoms with Gasteiger partial charge in [-0.05, 0) is 0 Å². The number of carboxylic acid groups (broad SMARTS) is 1. The Morgan fingerprint density at radius 3 is 3.17 bits per heavy atom. The molecule has 2 N–H and O–H groups in total. The molecule has 1 aromatic heterocycles. The van der Waals surface area contributed by atoms with Gasteiger partial charge in [0.25, 0.3) is 0 Å². The van der Waals surface area contributed by atoms with Gasteiger partial charge < -0.3 is 19.9 Å². The van der Waals surface area contributed by atoms with Crippen molar-refractivity contribution in [3.63, 3.8) is 0 Å². The third kappa shape index (κ3) is 4.41. The summed E-state index contributed by atoms with van der Waals surface area (Å²) in [6.07, 6.45) is 0.0257. The van der Waals surface area contributed by atoms with Crippen molar-refractivity contribution in [2.24, 2.45) is 0 Å². The molecule has 1 saturated heterocycles. The molecule has 1 unspecified atom stereocenters. The lowest BCUT2D eigenvalue weighted by Gasteiger charge is -2.22. The van der Waals surface area contributed by atoms with Crippen LogP contribution in [0.25, 0.3) is 0 Å². The van der Waals surface area contributed by atoms with E-state index in [-0.39, 0.29) is 11.9 Å². The van der Waals surface area contributed by atoms with Crippen LogP contribution >= 0.6 is 23.1 Å². The smallest absolute Gasteiger partial charge is 0.313 e. The van der Waals surface area contributed by atoms with Crippen molar-refractivity contribution in [1.29, 1.82) is 0 Å². The quantitative estimate of drug-likeness (QED) is 0.734. The highest BCUT2D eigenvalue weighted by molar-refractivity contribution is 8.01. The van der Waals surface area contributed by atoms with Crippen molar-refractivity contribution in [2.45, 2.75) is 10.4 Å². The number of carboxylic acids is 1. The van der Waals surface area contributed by atoms with Crippen molar-refractivity contribution < 1.29 is 19.4 Å². The largest absolute Gasteiger partial charge is 0.481 e. The van der Waals surface area contributed by atoms with Gasteiger partial charge >= 0.3 is 5.97 Å². The Bertz CT molecular complexity index is 395. The number of aliphatic carboxylic acids is 1. The van der Waals surface area contributed by atoms with Gasteiger partial charge in [0.15, 0.2) is 4.34 Å². The second-order valence-corrected chi connectivity index (χ2v) is 5.70. The fraction of sp³-hybridized carbons (Fsp3) is 0.667. The number of nitrogens with zero attached hydrogens (tertiary/aromatic N) is 2. The van der Waals surface area contributed by atoms with Crippen LogP contribution in [-0.2, 0) is 14.3 Å². The molecular formula is C9H13N3O4S2. The number of aromatic nitrogens is 2. The number of hydrogen-bond donors (Lipinski definition) is 2. The Hall–Kier alpha value is -0.900. The molecular weight excluding hydrogens is 278 g/mol. The van der Waals surface area contributed by atoms with Gasteiger partial charge in [0, 0.05) is 6.54 Å². The highest BCUT2D eigenvalue weighted by atomic mass is 32.2. The van der Waals surface area contributed by atoms with Crippen LogP contribution < -0.4 is 5.32 Å². The first-order chi connectivity index (χ1) is 8.74. The topological polar surface area (TPSA) is 93.6 Å².